The van der Waals surface area contributed by atoms with Crippen LogP contribution >= 0.6 is 0 Å². The Bertz CT molecular complexity index is 966. The van der Waals surface area contributed by atoms with Crippen LogP contribution < -0.4 is 0 Å². The molecule has 0 spiro atoms. The van der Waals surface area contributed by atoms with Crippen LogP contribution in [0.5, 0.6) is 0 Å². The van der Waals surface area contributed by atoms with Crippen LogP contribution in [0.25, 0.3) is 0 Å². The van der Waals surface area contributed by atoms with Crippen molar-refractivity contribution in [1.29, 1.82) is 0 Å². The van der Waals surface area contributed by atoms with Crippen LogP contribution in [0.2, 0.25) is 0 Å². The largest absolute Gasteiger partial charge is 0.459 e. The molecule has 42 heavy (non-hydrogen) atoms. The summed E-state index contributed by atoms with van der Waals surface area (Å²) < 4.78 is 24.5. The molecule has 1 unspecified atom stereocenters. The van der Waals surface area contributed by atoms with Gasteiger partial charge in [-0.25, -0.2) is 0 Å². The average molecular weight is 598 g/mol. The lowest BCUT2D eigenvalue weighted by Gasteiger charge is -2.46. The van der Waals surface area contributed by atoms with Crippen LogP contribution in [-0.2, 0) is 33.3 Å². The van der Waals surface area contributed by atoms with Gasteiger partial charge in [0, 0.05) is 31.4 Å². The number of likely N-dealkylation sites (N-methyl/N-ethyl adjacent to an activating group) is 1. The second kappa shape index (κ2) is 14.9. The van der Waals surface area contributed by atoms with Crippen molar-refractivity contribution in [3.63, 3.8) is 0 Å². The molecule has 1 fully saturated rings. The number of methoxy groups -OCH3 is 1. The predicted molar refractivity (Wildman–Crippen MR) is 159 cm³/mol. The van der Waals surface area contributed by atoms with Gasteiger partial charge in [-0.2, -0.15) is 0 Å². The van der Waals surface area contributed by atoms with E-state index < -0.39 is 65.3 Å². The summed E-state index contributed by atoms with van der Waals surface area (Å²) in [6.45, 7) is 14.2. The molecule has 10 nitrogen and oxygen atoms in total. The second-order valence-electron chi connectivity index (χ2n) is 13.2. The molecule has 242 valence electrons. The zero-order chi connectivity index (χ0) is 32.2. The summed E-state index contributed by atoms with van der Waals surface area (Å²) in [4.78, 5) is 40.9. The molecular formula is C32H55NO9. The number of nitrogens with zero attached hydrogens (tertiary/aromatic N) is 1. The van der Waals surface area contributed by atoms with Crippen LogP contribution in [0.3, 0.4) is 0 Å². The van der Waals surface area contributed by atoms with Crippen molar-refractivity contribution in [1.82, 2.24) is 4.90 Å². The normalized spacial score (nSPS) is 44.2. The first kappa shape index (κ1) is 36.5. The van der Waals surface area contributed by atoms with Gasteiger partial charge >= 0.3 is 5.97 Å². The van der Waals surface area contributed by atoms with Gasteiger partial charge in [0.05, 0.1) is 17.8 Å². The van der Waals surface area contributed by atoms with Gasteiger partial charge in [0.1, 0.15) is 30.0 Å². The first-order chi connectivity index (χ1) is 19.4. The zero-order valence-electron chi connectivity index (χ0n) is 27.5. The summed E-state index contributed by atoms with van der Waals surface area (Å²) >= 11 is 0. The maximum Gasteiger partial charge on any atom is 0.316 e. The summed E-state index contributed by atoms with van der Waals surface area (Å²) in [7, 11) is 5.32. The van der Waals surface area contributed by atoms with Gasteiger partial charge in [-0.3, -0.25) is 9.59 Å². The van der Waals surface area contributed by atoms with Crippen LogP contribution in [-0.4, -0.2) is 102 Å². The number of aliphatic hydroxyl groups is 2. The van der Waals surface area contributed by atoms with Gasteiger partial charge < -0.3 is 38.9 Å². The van der Waals surface area contributed by atoms with E-state index in [4.69, 9.17) is 18.9 Å². The number of ether oxygens (including phenoxy) is 4. The lowest BCUT2D eigenvalue weighted by atomic mass is 9.74. The highest BCUT2D eigenvalue weighted by Crippen LogP contribution is 2.39. The third kappa shape index (κ3) is 8.07. The molecule has 2 heterocycles. The van der Waals surface area contributed by atoms with E-state index >= 15 is 0 Å². The fraction of sp³-hybridized carbons (Fsp3) is 0.844. The molecular weight excluding hydrogens is 542 g/mol. The van der Waals surface area contributed by atoms with Gasteiger partial charge in [-0.1, -0.05) is 32.4 Å². The van der Waals surface area contributed by atoms with Crippen molar-refractivity contribution < 1.29 is 43.5 Å². The molecule has 2 rings (SSSR count). The summed E-state index contributed by atoms with van der Waals surface area (Å²) in [5, 5.41) is 22.9. The Labute approximate surface area is 252 Å². The minimum atomic E-state index is -1.55. The van der Waals surface area contributed by atoms with E-state index in [1.807, 2.05) is 52.8 Å². The Hall–Kier alpha value is -1.69. The number of esters is 1. The number of aldehydes is 1. The molecule has 0 amide bonds. The number of hydrogen-bond acceptors (Lipinski definition) is 10. The van der Waals surface area contributed by atoms with Crippen molar-refractivity contribution in [3.05, 3.63) is 11.6 Å². The average Bonchev–Trinajstić information content (AvgIpc) is 2.92. The van der Waals surface area contributed by atoms with Gasteiger partial charge in [0.25, 0.3) is 0 Å². The molecule has 0 saturated carbocycles. The maximum absolute atomic E-state index is 13.9. The number of aliphatic hydroxyl groups excluding tert-OH is 1. The number of carbonyl (C=O) groups is 3. The number of hydrogen-bond donors (Lipinski definition) is 2. The molecule has 0 aromatic rings. The van der Waals surface area contributed by atoms with E-state index in [1.165, 1.54) is 6.92 Å². The minimum Gasteiger partial charge on any atom is -0.459 e. The summed E-state index contributed by atoms with van der Waals surface area (Å²) in [5.74, 6) is -3.91. The summed E-state index contributed by atoms with van der Waals surface area (Å²) in [6.07, 6.45) is 0.0636. The smallest absolute Gasteiger partial charge is 0.316 e. The second-order valence-corrected chi connectivity index (χ2v) is 13.2. The van der Waals surface area contributed by atoms with Crippen LogP contribution in [0.15, 0.2) is 11.6 Å². The Balaban J connectivity index is 2.65. The highest BCUT2D eigenvalue weighted by Gasteiger charge is 2.50. The molecule has 1 saturated heterocycles. The van der Waals surface area contributed by atoms with Gasteiger partial charge in [-0.15, -0.1) is 0 Å². The van der Waals surface area contributed by atoms with Gasteiger partial charge in [-0.05, 0) is 73.9 Å². The number of Topliss-reactive ketones (excluding diaryl/α,β-unsaturated/α-hetero) is 1. The fourth-order valence-electron chi connectivity index (χ4n) is 6.89. The first-order valence-corrected chi connectivity index (χ1v) is 15.2. The van der Waals surface area contributed by atoms with Crippen LogP contribution in [0.1, 0.15) is 81.1 Å². The monoisotopic (exact) mass is 597 g/mol. The Kier molecular flexibility index (Phi) is 12.9. The maximum atomic E-state index is 13.9. The molecule has 0 aromatic heterocycles. The number of ketones is 1. The molecule has 0 bridgehead atoms. The molecule has 10 heteroatoms. The summed E-state index contributed by atoms with van der Waals surface area (Å²) in [5.41, 5.74) is -1.81. The molecule has 12 atom stereocenters. The van der Waals surface area contributed by atoms with Crippen molar-refractivity contribution in [2.45, 2.75) is 129 Å². The van der Waals surface area contributed by atoms with E-state index in [-0.39, 0.29) is 24.5 Å². The Morgan fingerprint density at radius 2 is 1.79 bits per heavy atom. The van der Waals surface area contributed by atoms with Crippen molar-refractivity contribution in [3.8, 4) is 0 Å². The quantitative estimate of drug-likeness (QED) is 0.195. The van der Waals surface area contributed by atoms with Crippen molar-refractivity contribution in [2.24, 2.45) is 23.7 Å². The van der Waals surface area contributed by atoms with Gasteiger partial charge in [0.15, 0.2) is 12.1 Å². The van der Waals surface area contributed by atoms with Gasteiger partial charge in [0.2, 0.25) is 0 Å². The molecule has 2 aliphatic rings. The Morgan fingerprint density at radius 3 is 2.31 bits per heavy atom. The third-order valence-corrected chi connectivity index (χ3v) is 9.45. The molecule has 2 N–H and O–H groups in total. The predicted octanol–water partition coefficient (Wildman–Crippen LogP) is 3.31. The zero-order valence-corrected chi connectivity index (χ0v) is 27.5. The molecule has 2 aliphatic heterocycles. The lowest BCUT2D eigenvalue weighted by molar-refractivity contribution is -0.295. The lowest BCUT2D eigenvalue weighted by Crippen LogP contribution is -2.59. The van der Waals surface area contributed by atoms with Crippen molar-refractivity contribution >= 4 is 18.0 Å². The number of carbonyl (C=O) groups excluding carboxylic acids is 3. The van der Waals surface area contributed by atoms with Crippen molar-refractivity contribution in [2.75, 3.05) is 21.2 Å². The number of cyclic esters (lactones) is 1. The standard InChI is InChI=1S/C32H55NO9/c1-12-25-32(8,38)23(13-14-34)19(3)15-18(2)17-31(7,39-11)28(21(5)26(35)22(6)29(37)41-25)42-30-27(36)24(33(9)10)16-20(4)40-30/h14-15,18,20-25,27-28,30,36,38H,12-13,16-17H2,1-11H3/b19-15-/t18-,20+,21+,22?,23-,24-,25+,27+,28+,30-,31+,32-/m0/s1. The molecule has 0 radical (unpaired) electrons. The molecule has 0 aliphatic carbocycles. The van der Waals surface area contributed by atoms with Crippen LogP contribution in [0, 0.1) is 23.7 Å². The highest BCUT2D eigenvalue weighted by atomic mass is 16.7. The Morgan fingerprint density at radius 1 is 1.17 bits per heavy atom. The third-order valence-electron chi connectivity index (χ3n) is 9.45. The number of rotatable bonds is 7. The minimum absolute atomic E-state index is 0.0387. The van der Waals surface area contributed by atoms with E-state index in [9.17, 15) is 24.6 Å². The SMILES string of the molecule is CC[C@H]1OC(=O)C(C)C(=O)[C@@H](C)[C@@H](O[C@@H]2O[C@H](C)C[C@H](N(C)C)[C@H]2O)[C@](C)(OC)C[C@@H](C)/C=C(/C)[C@H](CC=O)[C@]1(C)O. The van der Waals surface area contributed by atoms with E-state index in [0.29, 0.717) is 19.3 Å². The molecule has 0 aromatic carbocycles. The fourth-order valence-corrected chi connectivity index (χ4v) is 6.89. The topological polar surface area (TPSA) is 132 Å². The van der Waals surface area contributed by atoms with E-state index in [2.05, 4.69) is 0 Å². The van der Waals surface area contributed by atoms with E-state index in [1.54, 1.807) is 27.9 Å². The summed E-state index contributed by atoms with van der Waals surface area (Å²) in [6, 6.07) is -0.219. The number of allylic oxidation sites excluding steroid dienone is 1. The first-order valence-electron chi connectivity index (χ1n) is 15.2. The van der Waals surface area contributed by atoms with E-state index in [0.717, 1.165) is 11.9 Å². The van der Waals surface area contributed by atoms with Crippen LogP contribution in [0.4, 0.5) is 0 Å². The highest BCUT2D eigenvalue weighted by molar-refractivity contribution is 6.00.